The SMILES string of the molecule is CCOc1ccc(C=NNC(=O)Cc2ccc(Br)c3ccccc23)cc1. The van der Waals surface area contributed by atoms with E-state index in [0.29, 0.717) is 6.61 Å². The number of rotatable bonds is 6. The molecule has 5 heteroatoms. The van der Waals surface area contributed by atoms with Crippen molar-refractivity contribution in [3.63, 3.8) is 0 Å². The molecule has 3 aromatic carbocycles. The van der Waals surface area contributed by atoms with Gasteiger partial charge in [0, 0.05) is 4.47 Å². The number of benzene rings is 3. The van der Waals surface area contributed by atoms with Crippen LogP contribution in [0.2, 0.25) is 0 Å². The quantitative estimate of drug-likeness (QED) is 0.473. The average Bonchev–Trinajstić information content (AvgIpc) is 2.66. The van der Waals surface area contributed by atoms with Gasteiger partial charge in [0.2, 0.25) is 5.91 Å². The Kier molecular flexibility index (Phi) is 6.02. The van der Waals surface area contributed by atoms with Gasteiger partial charge in [-0.2, -0.15) is 5.10 Å². The van der Waals surface area contributed by atoms with E-state index in [0.717, 1.165) is 32.1 Å². The van der Waals surface area contributed by atoms with E-state index in [1.807, 2.05) is 67.6 Å². The monoisotopic (exact) mass is 410 g/mol. The third-order valence-electron chi connectivity index (χ3n) is 3.91. The lowest BCUT2D eigenvalue weighted by Crippen LogP contribution is -2.19. The molecule has 0 spiro atoms. The van der Waals surface area contributed by atoms with E-state index in [1.165, 1.54) is 0 Å². The van der Waals surface area contributed by atoms with Gasteiger partial charge >= 0.3 is 0 Å². The number of halogens is 1. The van der Waals surface area contributed by atoms with Crippen LogP contribution in [0, 0.1) is 0 Å². The summed E-state index contributed by atoms with van der Waals surface area (Å²) in [6.07, 6.45) is 1.89. The summed E-state index contributed by atoms with van der Waals surface area (Å²) in [6, 6.07) is 19.5. The van der Waals surface area contributed by atoms with Crippen LogP contribution in [0.25, 0.3) is 10.8 Å². The molecule has 1 amide bonds. The zero-order chi connectivity index (χ0) is 18.4. The molecule has 0 aromatic heterocycles. The highest BCUT2D eigenvalue weighted by Crippen LogP contribution is 2.27. The molecule has 0 radical (unpaired) electrons. The third-order valence-corrected chi connectivity index (χ3v) is 4.60. The fourth-order valence-electron chi connectivity index (χ4n) is 2.69. The molecule has 0 bridgehead atoms. The van der Waals surface area contributed by atoms with Crippen molar-refractivity contribution in [3.8, 4) is 5.75 Å². The lowest BCUT2D eigenvalue weighted by Gasteiger charge is -2.07. The van der Waals surface area contributed by atoms with Crippen molar-refractivity contribution in [3.05, 3.63) is 76.3 Å². The molecular weight excluding hydrogens is 392 g/mol. The van der Waals surface area contributed by atoms with E-state index in [4.69, 9.17) is 4.74 Å². The maximum atomic E-state index is 12.2. The zero-order valence-electron chi connectivity index (χ0n) is 14.4. The van der Waals surface area contributed by atoms with Crippen molar-refractivity contribution in [2.75, 3.05) is 6.61 Å². The number of hydrogen-bond donors (Lipinski definition) is 1. The molecule has 0 saturated carbocycles. The largest absolute Gasteiger partial charge is 0.494 e. The first-order valence-corrected chi connectivity index (χ1v) is 9.17. The summed E-state index contributed by atoms with van der Waals surface area (Å²) in [4.78, 5) is 12.2. The summed E-state index contributed by atoms with van der Waals surface area (Å²) in [7, 11) is 0. The van der Waals surface area contributed by atoms with Crippen LogP contribution in [0.3, 0.4) is 0 Å². The number of hydrazone groups is 1. The molecule has 0 aliphatic heterocycles. The molecular formula is C21H19BrN2O2. The van der Waals surface area contributed by atoms with Crippen molar-refractivity contribution in [2.45, 2.75) is 13.3 Å². The predicted octanol–water partition coefficient (Wildman–Crippen LogP) is 4.69. The van der Waals surface area contributed by atoms with Crippen LogP contribution in [0.15, 0.2) is 70.2 Å². The number of carbonyl (C=O) groups excluding carboxylic acids is 1. The number of amides is 1. The van der Waals surface area contributed by atoms with Gasteiger partial charge in [-0.1, -0.05) is 46.3 Å². The van der Waals surface area contributed by atoms with Gasteiger partial charge in [-0.05, 0) is 59.2 Å². The van der Waals surface area contributed by atoms with E-state index >= 15 is 0 Å². The van der Waals surface area contributed by atoms with Crippen molar-refractivity contribution in [1.82, 2.24) is 5.43 Å². The second-order valence-electron chi connectivity index (χ2n) is 5.72. The molecule has 0 aliphatic carbocycles. The zero-order valence-corrected chi connectivity index (χ0v) is 16.0. The maximum Gasteiger partial charge on any atom is 0.244 e. The van der Waals surface area contributed by atoms with Crippen molar-refractivity contribution < 1.29 is 9.53 Å². The summed E-state index contributed by atoms with van der Waals surface area (Å²) in [6.45, 7) is 2.58. The van der Waals surface area contributed by atoms with Gasteiger partial charge in [0.15, 0.2) is 0 Å². The maximum absolute atomic E-state index is 12.2. The third kappa shape index (κ3) is 4.49. The minimum absolute atomic E-state index is 0.153. The van der Waals surface area contributed by atoms with Gasteiger partial charge < -0.3 is 4.74 Å². The van der Waals surface area contributed by atoms with Crippen molar-refractivity contribution >= 4 is 38.8 Å². The van der Waals surface area contributed by atoms with Gasteiger partial charge in [0.25, 0.3) is 0 Å². The van der Waals surface area contributed by atoms with Crippen molar-refractivity contribution in [2.24, 2.45) is 5.10 Å². The summed E-state index contributed by atoms with van der Waals surface area (Å²) in [5.74, 6) is 0.662. The molecule has 26 heavy (non-hydrogen) atoms. The first kappa shape index (κ1) is 18.1. The lowest BCUT2D eigenvalue weighted by molar-refractivity contribution is -0.120. The molecule has 3 rings (SSSR count). The Labute approximate surface area is 161 Å². The van der Waals surface area contributed by atoms with E-state index in [2.05, 4.69) is 26.5 Å². The molecule has 132 valence electrons. The fraction of sp³-hybridized carbons (Fsp3) is 0.143. The number of hydrogen-bond acceptors (Lipinski definition) is 3. The first-order valence-electron chi connectivity index (χ1n) is 8.38. The second kappa shape index (κ2) is 8.63. The summed E-state index contributed by atoms with van der Waals surface area (Å²) in [5, 5.41) is 6.19. The van der Waals surface area contributed by atoms with Crippen LogP contribution >= 0.6 is 15.9 Å². The number of nitrogens with zero attached hydrogens (tertiary/aromatic N) is 1. The minimum Gasteiger partial charge on any atom is -0.494 e. The molecule has 0 heterocycles. The van der Waals surface area contributed by atoms with E-state index < -0.39 is 0 Å². The smallest absolute Gasteiger partial charge is 0.244 e. The van der Waals surface area contributed by atoms with Crippen LogP contribution in [0.4, 0.5) is 0 Å². The Hall–Kier alpha value is -2.66. The van der Waals surface area contributed by atoms with Crippen LogP contribution in [-0.2, 0) is 11.2 Å². The highest BCUT2D eigenvalue weighted by molar-refractivity contribution is 9.10. The molecule has 4 nitrogen and oxygen atoms in total. The molecule has 3 aromatic rings. The molecule has 0 aliphatic rings. The Bertz CT molecular complexity index is 936. The average molecular weight is 411 g/mol. The van der Waals surface area contributed by atoms with Gasteiger partial charge in [0.05, 0.1) is 19.2 Å². The second-order valence-corrected chi connectivity index (χ2v) is 6.58. The molecule has 0 atom stereocenters. The molecule has 0 unspecified atom stereocenters. The number of ether oxygens (including phenoxy) is 1. The van der Waals surface area contributed by atoms with Gasteiger partial charge in [-0.25, -0.2) is 5.43 Å². The van der Waals surface area contributed by atoms with E-state index in [-0.39, 0.29) is 12.3 Å². The van der Waals surface area contributed by atoms with Crippen LogP contribution in [0.5, 0.6) is 5.75 Å². The Morgan fingerprint density at radius 2 is 1.81 bits per heavy atom. The normalized spacial score (nSPS) is 11.0. The molecule has 1 N–H and O–H groups in total. The molecule has 0 fully saturated rings. The summed E-state index contributed by atoms with van der Waals surface area (Å²) >= 11 is 3.55. The number of fused-ring (bicyclic) bond motifs is 1. The Morgan fingerprint density at radius 1 is 1.08 bits per heavy atom. The fourth-order valence-corrected chi connectivity index (χ4v) is 3.16. The highest BCUT2D eigenvalue weighted by atomic mass is 79.9. The van der Waals surface area contributed by atoms with Gasteiger partial charge in [-0.3, -0.25) is 4.79 Å². The molecule has 0 saturated heterocycles. The van der Waals surface area contributed by atoms with E-state index in [9.17, 15) is 4.79 Å². The standard InChI is InChI=1S/C21H19BrN2O2/c1-2-26-17-10-7-15(8-11-17)14-23-24-21(25)13-16-9-12-20(22)19-6-4-3-5-18(16)19/h3-12,14H,2,13H2,1H3,(H,24,25). The van der Waals surface area contributed by atoms with Gasteiger partial charge in [-0.15, -0.1) is 0 Å². The Morgan fingerprint density at radius 3 is 2.54 bits per heavy atom. The predicted molar refractivity (Wildman–Crippen MR) is 109 cm³/mol. The minimum atomic E-state index is -0.153. The van der Waals surface area contributed by atoms with E-state index in [1.54, 1.807) is 6.21 Å². The topological polar surface area (TPSA) is 50.7 Å². The number of carbonyl (C=O) groups is 1. The van der Waals surface area contributed by atoms with Crippen molar-refractivity contribution in [1.29, 1.82) is 0 Å². The summed E-state index contributed by atoms with van der Waals surface area (Å²) in [5.41, 5.74) is 4.45. The Balaban J connectivity index is 1.63. The summed E-state index contributed by atoms with van der Waals surface area (Å²) < 4.78 is 6.42. The highest BCUT2D eigenvalue weighted by Gasteiger charge is 2.08. The van der Waals surface area contributed by atoms with Crippen LogP contribution in [-0.4, -0.2) is 18.7 Å². The number of nitrogens with one attached hydrogen (secondary N) is 1. The first-order chi connectivity index (χ1) is 12.7. The van der Waals surface area contributed by atoms with Crippen LogP contribution in [0.1, 0.15) is 18.1 Å². The van der Waals surface area contributed by atoms with Crippen LogP contribution < -0.4 is 10.2 Å². The lowest BCUT2D eigenvalue weighted by atomic mass is 10.0. The van der Waals surface area contributed by atoms with Gasteiger partial charge in [0.1, 0.15) is 5.75 Å².